The predicted octanol–water partition coefficient (Wildman–Crippen LogP) is 11.6. The SMILES string of the molecule is [2H]C([2H])(C)c1ccc(-c2c(C)ccc3c2oc2nc(CC(C)C)ccc23)[n+](C)c1.[2H]C([2H])([2H])C([2H])(C)c1ccc(-c2c(C)ccc3c2oc2nc(CC(C)C)ccc23)[n+](C)c1. The number of fused-ring (bicyclic) bond motifs is 6. The predicted molar refractivity (Wildman–Crippen MR) is 226 cm³/mol. The molecular formula is C49H56N4O2+2. The van der Waals surface area contributed by atoms with Gasteiger partial charge in [0, 0.05) is 64.4 Å². The summed E-state index contributed by atoms with van der Waals surface area (Å²) in [6, 6.07) is 24.1. The second kappa shape index (κ2) is 15.4. The molecular weight excluding hydrogens is 677 g/mol. The molecule has 0 radical (unpaired) electrons. The number of nitrogens with zero attached hydrogens (tertiary/aromatic N) is 4. The summed E-state index contributed by atoms with van der Waals surface area (Å²) in [7, 11) is 3.82. The Morgan fingerprint density at radius 2 is 1.11 bits per heavy atom. The fourth-order valence-electron chi connectivity index (χ4n) is 7.52. The van der Waals surface area contributed by atoms with Crippen molar-refractivity contribution in [2.24, 2.45) is 25.9 Å². The van der Waals surface area contributed by atoms with Crippen LogP contribution in [0.2, 0.25) is 0 Å². The summed E-state index contributed by atoms with van der Waals surface area (Å²) >= 11 is 0. The van der Waals surface area contributed by atoms with E-state index in [4.69, 9.17) is 27.0 Å². The maximum absolute atomic E-state index is 8.40. The Balaban J connectivity index is 0.000000185. The van der Waals surface area contributed by atoms with Crippen LogP contribution in [0.1, 0.15) is 96.2 Å². The highest BCUT2D eigenvalue weighted by atomic mass is 16.3. The third-order valence-corrected chi connectivity index (χ3v) is 10.3. The zero-order valence-corrected chi connectivity index (χ0v) is 33.8. The minimum absolute atomic E-state index is 0.443. The van der Waals surface area contributed by atoms with Crippen LogP contribution in [-0.2, 0) is 33.3 Å². The maximum atomic E-state index is 8.40. The standard InChI is InChI=1S/C25H29N2O.C24H27N2O/c1-15(2)13-19-9-11-21-20-10-7-17(5)23(24(20)28-25(21)26-19)22-12-8-18(16(3)4)14-27(22)6;1-6-17-8-12-21(26(5)14-17)22-16(4)7-10-19-20-11-9-18(13-15(2)3)25-24(20)27-23(19)22/h7-12,14-16H,13H2,1-6H3;7-12,14-15H,6,13H2,1-5H3/q2*+1/i3D3,16D;6D2. The van der Waals surface area contributed by atoms with Gasteiger partial charge in [0.1, 0.15) is 14.1 Å². The first kappa shape index (κ1) is 30.9. The highest BCUT2D eigenvalue weighted by molar-refractivity contribution is 6.09. The third-order valence-electron chi connectivity index (χ3n) is 10.3. The topological polar surface area (TPSA) is 59.8 Å². The highest BCUT2D eigenvalue weighted by Gasteiger charge is 2.23. The van der Waals surface area contributed by atoms with E-state index in [9.17, 15) is 0 Å². The van der Waals surface area contributed by atoms with Crippen LogP contribution in [0.15, 0.2) is 94.0 Å². The van der Waals surface area contributed by atoms with Gasteiger partial charge in [0.25, 0.3) is 0 Å². The van der Waals surface area contributed by atoms with Crippen molar-refractivity contribution in [3.05, 3.63) is 119 Å². The first-order valence-electron chi connectivity index (χ1n) is 22.2. The minimum atomic E-state index is -2.42. The van der Waals surface area contributed by atoms with E-state index in [-0.39, 0.29) is 0 Å². The van der Waals surface area contributed by atoms with Gasteiger partial charge in [-0.3, -0.25) is 0 Å². The largest absolute Gasteiger partial charge is 0.437 e. The molecule has 1 atom stereocenters. The van der Waals surface area contributed by atoms with E-state index in [1.165, 1.54) is 6.92 Å². The molecule has 8 aromatic rings. The molecule has 6 nitrogen and oxygen atoms in total. The van der Waals surface area contributed by atoms with Crippen LogP contribution in [0, 0.1) is 25.7 Å². The smallest absolute Gasteiger partial charge is 0.227 e. The fourth-order valence-corrected chi connectivity index (χ4v) is 7.52. The van der Waals surface area contributed by atoms with Crippen molar-refractivity contribution in [1.82, 2.24) is 9.97 Å². The molecule has 55 heavy (non-hydrogen) atoms. The Morgan fingerprint density at radius 3 is 1.55 bits per heavy atom. The number of furan rings is 2. The molecule has 0 aliphatic heterocycles. The van der Waals surface area contributed by atoms with Gasteiger partial charge in [-0.2, -0.15) is 0 Å². The number of rotatable bonds is 8. The Hall–Kier alpha value is -5.36. The lowest BCUT2D eigenvalue weighted by Gasteiger charge is -2.08. The first-order valence-corrected chi connectivity index (χ1v) is 19.2. The number of pyridine rings is 4. The molecule has 0 fully saturated rings. The molecule has 8 rings (SSSR count). The van der Waals surface area contributed by atoms with Gasteiger partial charge >= 0.3 is 0 Å². The van der Waals surface area contributed by atoms with Gasteiger partial charge in [0.05, 0.1) is 11.1 Å². The van der Waals surface area contributed by atoms with Gasteiger partial charge in [-0.25, -0.2) is 19.1 Å². The van der Waals surface area contributed by atoms with Gasteiger partial charge in [0.15, 0.2) is 23.6 Å². The van der Waals surface area contributed by atoms with Gasteiger partial charge < -0.3 is 8.83 Å². The summed E-state index contributed by atoms with van der Waals surface area (Å²) in [6.07, 6.45) is 4.02. The number of hydrogen-bond acceptors (Lipinski definition) is 4. The quantitative estimate of drug-likeness (QED) is 0.146. The van der Waals surface area contributed by atoms with Crippen LogP contribution in [0.3, 0.4) is 0 Å². The zero-order valence-electron chi connectivity index (χ0n) is 39.8. The van der Waals surface area contributed by atoms with Crippen molar-refractivity contribution in [2.75, 3.05) is 0 Å². The van der Waals surface area contributed by atoms with E-state index in [0.717, 1.165) is 90.6 Å². The van der Waals surface area contributed by atoms with E-state index >= 15 is 0 Å². The van der Waals surface area contributed by atoms with Crippen molar-refractivity contribution >= 4 is 44.1 Å². The zero-order chi connectivity index (χ0) is 44.3. The van der Waals surface area contributed by atoms with Gasteiger partial charge in [-0.15, -0.1) is 0 Å². The first-order chi connectivity index (χ1) is 28.5. The minimum Gasteiger partial charge on any atom is -0.437 e. The molecule has 0 N–H and O–H groups in total. The number of hydrogen-bond donors (Lipinski definition) is 0. The molecule has 6 heteroatoms. The van der Waals surface area contributed by atoms with Crippen molar-refractivity contribution in [2.45, 2.75) is 87.4 Å². The van der Waals surface area contributed by atoms with Crippen LogP contribution >= 0.6 is 0 Å². The van der Waals surface area contributed by atoms with Crippen LogP contribution < -0.4 is 9.13 Å². The van der Waals surface area contributed by atoms with Crippen molar-refractivity contribution < 1.29 is 26.2 Å². The summed E-state index contributed by atoms with van der Waals surface area (Å²) in [6.45, 7) is 13.4. The maximum Gasteiger partial charge on any atom is 0.227 e. The number of benzene rings is 2. The summed E-state index contributed by atoms with van der Waals surface area (Å²) in [5.41, 5.74) is 12.1. The van der Waals surface area contributed by atoms with Crippen LogP contribution in [0.4, 0.5) is 0 Å². The van der Waals surface area contributed by atoms with E-state index < -0.39 is 19.1 Å². The monoisotopic (exact) mass is 738 g/mol. The average molecular weight is 739 g/mol. The average Bonchev–Trinajstić information content (AvgIpc) is 3.71. The molecule has 0 bridgehead atoms. The van der Waals surface area contributed by atoms with E-state index in [1.807, 2.05) is 54.5 Å². The van der Waals surface area contributed by atoms with Gasteiger partial charge in [-0.05, 0) is 98.3 Å². The molecule has 0 saturated carbocycles. The molecule has 2 aromatic carbocycles. The normalized spacial score (nSPS) is 15.1. The molecule has 0 saturated heterocycles. The lowest BCUT2D eigenvalue weighted by molar-refractivity contribution is -0.660. The molecule has 6 heterocycles. The third kappa shape index (κ3) is 7.52. The van der Waals surface area contributed by atoms with Gasteiger partial charge in [-0.1, -0.05) is 72.7 Å². The highest BCUT2D eigenvalue weighted by Crippen LogP contribution is 2.38. The summed E-state index contributed by atoms with van der Waals surface area (Å²) < 4.78 is 64.0. The fraction of sp³-hybridized carbons (Fsp3) is 0.347. The molecule has 6 aromatic heterocycles. The number of aromatic nitrogens is 4. The molecule has 0 spiro atoms. The Bertz CT molecular complexity index is 2940. The van der Waals surface area contributed by atoms with Crippen LogP contribution in [0.5, 0.6) is 0 Å². The molecule has 282 valence electrons. The summed E-state index contributed by atoms with van der Waals surface area (Å²) in [4.78, 5) is 9.51. The number of aryl methyl sites for hydroxylation is 5. The molecule has 0 aliphatic carbocycles. The Labute approximate surface area is 334 Å². The molecule has 1 unspecified atom stereocenters. The molecule has 0 amide bonds. The summed E-state index contributed by atoms with van der Waals surface area (Å²) in [5.74, 6) is -0.641. The van der Waals surface area contributed by atoms with Crippen molar-refractivity contribution in [3.63, 3.8) is 0 Å². The van der Waals surface area contributed by atoms with E-state index in [0.29, 0.717) is 34.4 Å². The second-order valence-electron chi connectivity index (χ2n) is 15.7. The second-order valence-corrected chi connectivity index (χ2v) is 15.7. The lowest BCUT2D eigenvalue weighted by Crippen LogP contribution is -2.31. The van der Waals surface area contributed by atoms with E-state index in [2.05, 4.69) is 83.1 Å². The Kier molecular flexibility index (Phi) is 8.66. The van der Waals surface area contributed by atoms with Crippen molar-refractivity contribution in [3.8, 4) is 22.5 Å². The summed E-state index contributed by atoms with van der Waals surface area (Å²) in [5, 5.41) is 4.06. The van der Waals surface area contributed by atoms with Crippen LogP contribution in [-0.4, -0.2) is 9.97 Å². The lowest BCUT2D eigenvalue weighted by atomic mass is 9.99. The molecule has 0 aliphatic rings. The van der Waals surface area contributed by atoms with Gasteiger partial charge in [0.2, 0.25) is 22.8 Å². The Morgan fingerprint density at radius 1 is 0.636 bits per heavy atom. The van der Waals surface area contributed by atoms with Crippen LogP contribution in [0.25, 0.3) is 66.7 Å². The van der Waals surface area contributed by atoms with E-state index in [1.54, 1.807) is 19.2 Å². The van der Waals surface area contributed by atoms with Crippen molar-refractivity contribution in [1.29, 1.82) is 0 Å².